The average Bonchev–Trinajstić information content (AvgIpc) is 3.91. The van der Waals surface area contributed by atoms with Crippen molar-refractivity contribution in [3.05, 3.63) is 65.7 Å². The molecule has 7 unspecified atom stereocenters. The summed E-state index contributed by atoms with van der Waals surface area (Å²) < 4.78 is 5.28. The molecule has 432 valence electrons. The zero-order valence-corrected chi connectivity index (χ0v) is 45.8. The number of rotatable bonds is 20. The van der Waals surface area contributed by atoms with Gasteiger partial charge in [0.15, 0.2) is 5.96 Å². The zero-order chi connectivity index (χ0) is 57.9. The fourth-order valence-electron chi connectivity index (χ4n) is 8.58. The predicted molar refractivity (Wildman–Crippen MR) is 296 cm³/mol. The van der Waals surface area contributed by atoms with Crippen molar-refractivity contribution in [2.24, 2.45) is 33.7 Å². The van der Waals surface area contributed by atoms with E-state index in [0.29, 0.717) is 48.3 Å². The lowest BCUT2D eigenvalue weighted by Gasteiger charge is -2.30. The van der Waals surface area contributed by atoms with Crippen molar-refractivity contribution in [1.29, 1.82) is 0 Å². The minimum atomic E-state index is -1.75. The molecule has 2 aliphatic rings. The molecule has 7 atom stereocenters. The van der Waals surface area contributed by atoms with Gasteiger partial charge in [0.25, 0.3) is 0 Å². The molecule has 28 heteroatoms. The number of hydrogen-bond donors (Lipinski definition) is 12. The van der Waals surface area contributed by atoms with Gasteiger partial charge in [-0.05, 0) is 68.2 Å². The summed E-state index contributed by atoms with van der Waals surface area (Å²) in [4.78, 5) is 154. The number of guanidine groups is 1. The van der Waals surface area contributed by atoms with E-state index in [9.17, 15) is 52.7 Å². The minimum Gasteiger partial charge on any atom is -0.497 e. The molecular formula is C51H74N14O12S2. The number of methoxy groups -OCH3 is 1. The molecule has 0 aromatic heterocycles. The third-order valence-corrected chi connectivity index (χ3v) is 15.2. The molecule has 0 aliphatic carbocycles. The van der Waals surface area contributed by atoms with Crippen LogP contribution in [0.5, 0.6) is 5.75 Å². The standard InChI is InChI=1S/C51H74N14O12S2/c1-77-32-18-16-31(17-19-32)26-35-46(72)62-36(25-30-11-5-4-6-12-30)47(73)60-34(20-21-40(52)66)45(71)63-37(27-41(53)67)48(74)64-38(29-79-78-24-8-3-2-7-15-43(69)59-35)50(76)65-23-10-14-39(65)49(75)61-33(13-9-22-57-51(55)56)44(70)58-28-42(54)68/h4-6,11-12,16-19,33-39H,2-3,7-10,13-15,20-29H2,1H3,(H2,52,66)(H2,53,67)(H2,54,68)(H,58,70)(H,59,69)(H,60,73)(H,61,75)(H,62,72)(H,63,71)(H,64,74)(H4,55,56,57). The molecule has 2 aliphatic heterocycles. The number of amides is 11. The summed E-state index contributed by atoms with van der Waals surface area (Å²) in [6, 6.07) is 5.93. The van der Waals surface area contributed by atoms with Crippen LogP contribution < -0.4 is 70.6 Å². The minimum absolute atomic E-state index is 0.0347. The van der Waals surface area contributed by atoms with Crippen molar-refractivity contribution in [3.8, 4) is 5.75 Å². The highest BCUT2D eigenvalue weighted by atomic mass is 33.1. The van der Waals surface area contributed by atoms with E-state index >= 15 is 0 Å². The number of benzene rings is 2. The molecule has 2 aromatic carbocycles. The molecule has 0 radical (unpaired) electrons. The topological polar surface area (TPSA) is 427 Å². The number of carbonyl (C=O) groups excluding carboxylic acids is 11. The highest BCUT2D eigenvalue weighted by Crippen LogP contribution is 2.27. The normalized spacial score (nSPS) is 21.7. The van der Waals surface area contributed by atoms with E-state index in [0.717, 1.165) is 6.42 Å². The van der Waals surface area contributed by atoms with Crippen molar-refractivity contribution in [2.45, 2.75) is 132 Å². The molecule has 4 rings (SSSR count). The van der Waals surface area contributed by atoms with Crippen LogP contribution in [0, 0.1) is 0 Å². The van der Waals surface area contributed by atoms with Gasteiger partial charge in [-0.1, -0.05) is 76.9 Å². The van der Waals surface area contributed by atoms with Gasteiger partial charge in [0.1, 0.15) is 48.0 Å². The third kappa shape index (κ3) is 23.1. The lowest BCUT2D eigenvalue weighted by atomic mass is 10.0. The summed E-state index contributed by atoms with van der Waals surface area (Å²) in [5.74, 6) is -8.01. The van der Waals surface area contributed by atoms with Crippen molar-refractivity contribution >= 4 is 92.5 Å². The van der Waals surface area contributed by atoms with E-state index in [4.69, 9.17) is 33.4 Å². The number of nitrogens with one attached hydrogen (secondary N) is 7. The van der Waals surface area contributed by atoms with Gasteiger partial charge in [0.05, 0.1) is 20.1 Å². The van der Waals surface area contributed by atoms with Crippen LogP contribution in [0.25, 0.3) is 0 Å². The number of ether oxygens (including phenoxy) is 1. The summed E-state index contributed by atoms with van der Waals surface area (Å²) in [5.41, 5.74) is 28.5. The second-order valence-electron chi connectivity index (χ2n) is 18.9. The lowest BCUT2D eigenvalue weighted by Crippen LogP contribution is -2.61. The van der Waals surface area contributed by atoms with Crippen LogP contribution in [0.1, 0.15) is 88.2 Å². The molecule has 0 bridgehead atoms. The van der Waals surface area contributed by atoms with E-state index in [2.05, 4.69) is 42.2 Å². The number of primary amides is 3. The molecular weight excluding hydrogens is 1060 g/mol. The predicted octanol–water partition coefficient (Wildman–Crippen LogP) is -2.48. The molecule has 11 amide bonds. The van der Waals surface area contributed by atoms with E-state index in [-0.39, 0.29) is 63.3 Å². The number of aliphatic imine (C=N–C) groups is 1. The van der Waals surface area contributed by atoms with E-state index < -0.39 is 133 Å². The summed E-state index contributed by atoms with van der Waals surface area (Å²) in [6.07, 6.45) is 1.78. The van der Waals surface area contributed by atoms with Crippen LogP contribution in [-0.2, 0) is 65.6 Å². The monoisotopic (exact) mass is 1140 g/mol. The number of nitrogens with zero attached hydrogens (tertiary/aromatic N) is 2. The van der Waals surface area contributed by atoms with Gasteiger partial charge < -0.3 is 75.5 Å². The number of carbonyl (C=O) groups is 11. The Hall–Kier alpha value is -7.62. The average molecular weight is 1140 g/mol. The fraction of sp³-hybridized carbons (Fsp3) is 0.529. The smallest absolute Gasteiger partial charge is 0.246 e. The Bertz CT molecular complexity index is 2470. The molecule has 0 saturated carbocycles. The van der Waals surface area contributed by atoms with E-state index in [1.165, 1.54) is 33.6 Å². The largest absolute Gasteiger partial charge is 0.497 e. The number of likely N-dealkylation sites (tertiary alicyclic amines) is 1. The van der Waals surface area contributed by atoms with Gasteiger partial charge in [-0.3, -0.25) is 57.7 Å². The van der Waals surface area contributed by atoms with Crippen LogP contribution in [0.15, 0.2) is 59.6 Å². The molecule has 2 saturated heterocycles. The first-order chi connectivity index (χ1) is 37.7. The Morgan fingerprint density at radius 1 is 0.709 bits per heavy atom. The zero-order valence-electron chi connectivity index (χ0n) is 44.2. The van der Waals surface area contributed by atoms with Gasteiger partial charge in [-0.15, -0.1) is 0 Å². The quantitative estimate of drug-likeness (QED) is 0.0283. The SMILES string of the molecule is COc1ccc(CC2NC(=O)CCCCCCSSCC(C(=O)N3CCCC3C(=O)NC(CCCN=C(N)N)C(=O)NCC(N)=O)NC(=O)C(CC(N)=O)NC(=O)C(CCC(N)=O)NC(=O)C(Cc3ccccc3)NC2=O)cc1. The van der Waals surface area contributed by atoms with Gasteiger partial charge in [0, 0.05) is 50.3 Å². The molecule has 26 nitrogen and oxygen atoms in total. The van der Waals surface area contributed by atoms with Gasteiger partial charge in [-0.2, -0.15) is 0 Å². The van der Waals surface area contributed by atoms with Crippen LogP contribution >= 0.6 is 21.6 Å². The van der Waals surface area contributed by atoms with Gasteiger partial charge in [0.2, 0.25) is 65.0 Å². The van der Waals surface area contributed by atoms with E-state index in [1.54, 1.807) is 54.6 Å². The molecule has 2 heterocycles. The molecule has 2 aromatic rings. The first-order valence-electron chi connectivity index (χ1n) is 26.0. The van der Waals surface area contributed by atoms with Gasteiger partial charge >= 0.3 is 0 Å². The van der Waals surface area contributed by atoms with Crippen molar-refractivity contribution in [2.75, 3.05) is 38.2 Å². The molecule has 0 spiro atoms. The van der Waals surface area contributed by atoms with Crippen molar-refractivity contribution in [3.63, 3.8) is 0 Å². The highest BCUT2D eigenvalue weighted by Gasteiger charge is 2.40. The Morgan fingerprint density at radius 3 is 1.97 bits per heavy atom. The summed E-state index contributed by atoms with van der Waals surface area (Å²) >= 11 is 0. The lowest BCUT2D eigenvalue weighted by molar-refractivity contribution is -0.142. The Labute approximate surface area is 465 Å². The van der Waals surface area contributed by atoms with Crippen LogP contribution in [0.4, 0.5) is 0 Å². The third-order valence-electron chi connectivity index (χ3n) is 12.7. The summed E-state index contributed by atoms with van der Waals surface area (Å²) in [7, 11) is 4.15. The van der Waals surface area contributed by atoms with E-state index in [1.807, 2.05) is 0 Å². The van der Waals surface area contributed by atoms with Gasteiger partial charge in [-0.25, -0.2) is 0 Å². The maximum Gasteiger partial charge on any atom is 0.246 e. The first-order valence-corrected chi connectivity index (χ1v) is 28.4. The summed E-state index contributed by atoms with van der Waals surface area (Å²) in [5, 5.41) is 18.3. The number of hydrogen-bond acceptors (Lipinski definition) is 15. The van der Waals surface area contributed by atoms with Crippen LogP contribution in [0.3, 0.4) is 0 Å². The van der Waals surface area contributed by atoms with Crippen LogP contribution in [0.2, 0.25) is 0 Å². The highest BCUT2D eigenvalue weighted by molar-refractivity contribution is 8.76. The fourth-order valence-corrected chi connectivity index (χ4v) is 10.9. The van der Waals surface area contributed by atoms with Crippen LogP contribution in [-0.4, -0.2) is 156 Å². The molecule has 79 heavy (non-hydrogen) atoms. The molecule has 17 N–H and O–H groups in total. The second kappa shape index (κ2) is 33.6. The second-order valence-corrected chi connectivity index (χ2v) is 21.6. The van der Waals surface area contributed by atoms with Crippen molar-refractivity contribution < 1.29 is 57.5 Å². The Kier molecular flexibility index (Phi) is 27.2. The number of nitrogens with two attached hydrogens (primary N) is 5. The maximum atomic E-state index is 14.6. The molecule has 2 fully saturated rings. The van der Waals surface area contributed by atoms with Crippen molar-refractivity contribution in [1.82, 2.24) is 42.1 Å². The summed E-state index contributed by atoms with van der Waals surface area (Å²) in [6.45, 7) is -0.324. The Morgan fingerprint density at radius 2 is 1.33 bits per heavy atom. The first kappa shape index (κ1) is 63.9. The maximum absolute atomic E-state index is 14.6. The Balaban J connectivity index is 1.66.